The summed E-state index contributed by atoms with van der Waals surface area (Å²) in [4.78, 5) is 29.7. The van der Waals surface area contributed by atoms with E-state index in [4.69, 9.17) is 4.52 Å². The summed E-state index contributed by atoms with van der Waals surface area (Å²) in [6, 6.07) is 1.73. The van der Waals surface area contributed by atoms with Crippen LogP contribution in [0.5, 0.6) is 0 Å². The predicted octanol–water partition coefficient (Wildman–Crippen LogP) is 0.0431. The van der Waals surface area contributed by atoms with Gasteiger partial charge < -0.3 is 19.2 Å². The molecule has 2 amide bonds. The number of aromatic nitrogens is 1. The molecule has 0 bridgehead atoms. The molecule has 2 rings (SSSR count). The smallest absolute Gasteiger partial charge is 0.228 e. The first-order valence-corrected chi connectivity index (χ1v) is 7.04. The van der Waals surface area contributed by atoms with Crippen LogP contribution in [0.3, 0.4) is 0 Å². The second-order valence-corrected chi connectivity index (χ2v) is 5.73. The van der Waals surface area contributed by atoms with Crippen molar-refractivity contribution in [3.05, 3.63) is 18.0 Å². The van der Waals surface area contributed by atoms with E-state index in [1.807, 2.05) is 19.0 Å². The fourth-order valence-corrected chi connectivity index (χ4v) is 2.43. The van der Waals surface area contributed by atoms with E-state index in [2.05, 4.69) is 5.16 Å². The molecular formula is C14H22N4O3. The molecule has 1 saturated heterocycles. The number of likely N-dealkylation sites (tertiary alicyclic amines) is 1. The maximum atomic E-state index is 12.4. The Morgan fingerprint density at radius 2 is 2.24 bits per heavy atom. The van der Waals surface area contributed by atoms with Crippen LogP contribution in [-0.2, 0) is 16.1 Å². The van der Waals surface area contributed by atoms with Crippen molar-refractivity contribution in [3.63, 3.8) is 0 Å². The Morgan fingerprint density at radius 3 is 2.86 bits per heavy atom. The zero-order chi connectivity index (χ0) is 15.4. The maximum absolute atomic E-state index is 12.4. The fourth-order valence-electron chi connectivity index (χ4n) is 2.43. The van der Waals surface area contributed by atoms with Crippen LogP contribution in [0.15, 0.2) is 16.9 Å². The molecule has 1 aliphatic rings. The average molecular weight is 294 g/mol. The van der Waals surface area contributed by atoms with E-state index >= 15 is 0 Å². The molecule has 0 saturated carbocycles. The monoisotopic (exact) mass is 294 g/mol. The lowest BCUT2D eigenvalue weighted by Crippen LogP contribution is -2.36. The summed E-state index contributed by atoms with van der Waals surface area (Å²) in [5, 5.41) is 3.79. The Balaban J connectivity index is 1.87. The number of likely N-dealkylation sites (N-methyl/N-ethyl adjacent to an activating group) is 1. The number of hydrogen-bond acceptors (Lipinski definition) is 5. The van der Waals surface area contributed by atoms with Crippen molar-refractivity contribution in [1.82, 2.24) is 19.9 Å². The van der Waals surface area contributed by atoms with E-state index in [-0.39, 0.29) is 17.7 Å². The highest BCUT2D eigenvalue weighted by molar-refractivity contribution is 5.89. The fraction of sp³-hybridized carbons (Fsp3) is 0.643. The number of carbonyl (C=O) groups is 2. The van der Waals surface area contributed by atoms with E-state index in [9.17, 15) is 9.59 Å². The van der Waals surface area contributed by atoms with Crippen molar-refractivity contribution in [2.24, 2.45) is 5.92 Å². The lowest BCUT2D eigenvalue weighted by atomic mass is 10.1. The molecule has 0 unspecified atom stereocenters. The lowest BCUT2D eigenvalue weighted by Gasteiger charge is -2.21. The highest BCUT2D eigenvalue weighted by atomic mass is 16.5. The summed E-state index contributed by atoms with van der Waals surface area (Å²) >= 11 is 0. The molecule has 0 N–H and O–H groups in total. The molecule has 0 aliphatic carbocycles. The Morgan fingerprint density at radius 1 is 1.48 bits per heavy atom. The Hall–Kier alpha value is -1.89. The second kappa shape index (κ2) is 6.71. The van der Waals surface area contributed by atoms with Gasteiger partial charge in [-0.05, 0) is 14.1 Å². The Labute approximate surface area is 124 Å². The van der Waals surface area contributed by atoms with Crippen molar-refractivity contribution in [2.45, 2.75) is 13.0 Å². The van der Waals surface area contributed by atoms with Gasteiger partial charge in [-0.3, -0.25) is 9.59 Å². The van der Waals surface area contributed by atoms with Gasteiger partial charge in [0.25, 0.3) is 0 Å². The zero-order valence-corrected chi connectivity index (χ0v) is 12.8. The van der Waals surface area contributed by atoms with Crippen molar-refractivity contribution in [2.75, 3.05) is 40.8 Å². The summed E-state index contributed by atoms with van der Waals surface area (Å²) in [7, 11) is 5.66. The van der Waals surface area contributed by atoms with Crippen LogP contribution in [0, 0.1) is 5.92 Å². The summed E-state index contributed by atoms with van der Waals surface area (Å²) < 4.78 is 4.75. The topological polar surface area (TPSA) is 69.9 Å². The van der Waals surface area contributed by atoms with Gasteiger partial charge >= 0.3 is 0 Å². The minimum atomic E-state index is -0.253. The largest absolute Gasteiger partial charge is 0.364 e. The standard InChI is InChI=1S/C14H22N4O3/c1-16(2)5-6-18-9-11(8-13(18)19)14(20)17(3)10-12-4-7-21-15-12/h4,7,11H,5-6,8-10H2,1-3H3/t11-/m0/s1. The minimum absolute atomic E-state index is 0.0151. The number of hydrogen-bond donors (Lipinski definition) is 0. The third kappa shape index (κ3) is 4.04. The molecule has 1 aromatic rings. The molecule has 7 heteroatoms. The van der Waals surface area contributed by atoms with E-state index in [0.717, 1.165) is 6.54 Å². The maximum Gasteiger partial charge on any atom is 0.228 e. The lowest BCUT2D eigenvalue weighted by molar-refractivity contribution is -0.135. The van der Waals surface area contributed by atoms with Gasteiger partial charge in [-0.15, -0.1) is 0 Å². The molecule has 1 atom stereocenters. The van der Waals surface area contributed by atoms with Gasteiger partial charge in [0, 0.05) is 39.2 Å². The first-order valence-electron chi connectivity index (χ1n) is 7.04. The summed E-state index contributed by atoms with van der Waals surface area (Å²) in [5.74, 6) is -0.208. The van der Waals surface area contributed by atoms with Crippen LogP contribution in [0.4, 0.5) is 0 Å². The third-order valence-electron chi connectivity index (χ3n) is 3.65. The van der Waals surface area contributed by atoms with Crippen LogP contribution in [0.2, 0.25) is 0 Å². The van der Waals surface area contributed by atoms with E-state index in [1.165, 1.54) is 6.26 Å². The van der Waals surface area contributed by atoms with Gasteiger partial charge in [-0.2, -0.15) is 0 Å². The van der Waals surface area contributed by atoms with Crippen LogP contribution >= 0.6 is 0 Å². The quantitative estimate of drug-likeness (QED) is 0.741. The van der Waals surface area contributed by atoms with Crippen LogP contribution in [0.25, 0.3) is 0 Å². The normalized spacial score (nSPS) is 18.6. The molecule has 7 nitrogen and oxygen atoms in total. The minimum Gasteiger partial charge on any atom is -0.364 e. The Kier molecular flexibility index (Phi) is 4.95. The van der Waals surface area contributed by atoms with E-state index in [1.54, 1.807) is 22.9 Å². The van der Waals surface area contributed by atoms with Crippen LogP contribution in [-0.4, -0.2) is 72.4 Å². The number of amides is 2. The van der Waals surface area contributed by atoms with Crippen molar-refractivity contribution >= 4 is 11.8 Å². The van der Waals surface area contributed by atoms with Gasteiger partial charge in [-0.25, -0.2) is 0 Å². The Bertz CT molecular complexity index is 486. The molecule has 0 spiro atoms. The SMILES string of the molecule is CN(C)CCN1C[C@@H](C(=O)N(C)Cc2ccon2)CC1=O. The number of rotatable bonds is 6. The first kappa shape index (κ1) is 15.5. The van der Waals surface area contributed by atoms with Gasteiger partial charge in [0.15, 0.2) is 0 Å². The van der Waals surface area contributed by atoms with Gasteiger partial charge in [-0.1, -0.05) is 5.16 Å². The molecular weight excluding hydrogens is 272 g/mol. The molecule has 1 aliphatic heterocycles. The van der Waals surface area contributed by atoms with Crippen LogP contribution in [0.1, 0.15) is 12.1 Å². The summed E-state index contributed by atoms with van der Waals surface area (Å²) in [6.07, 6.45) is 1.78. The van der Waals surface area contributed by atoms with E-state index < -0.39 is 0 Å². The number of nitrogens with zero attached hydrogens (tertiary/aromatic N) is 4. The summed E-state index contributed by atoms with van der Waals surface area (Å²) in [6.45, 7) is 2.39. The van der Waals surface area contributed by atoms with Gasteiger partial charge in [0.05, 0.1) is 12.5 Å². The molecule has 1 aromatic heterocycles. The molecule has 116 valence electrons. The van der Waals surface area contributed by atoms with Crippen molar-refractivity contribution in [1.29, 1.82) is 0 Å². The molecule has 21 heavy (non-hydrogen) atoms. The molecule has 1 fully saturated rings. The van der Waals surface area contributed by atoms with Gasteiger partial charge in [0.1, 0.15) is 12.0 Å². The predicted molar refractivity (Wildman–Crippen MR) is 76.2 cm³/mol. The highest BCUT2D eigenvalue weighted by Crippen LogP contribution is 2.20. The average Bonchev–Trinajstić information content (AvgIpc) is 3.05. The van der Waals surface area contributed by atoms with Crippen molar-refractivity contribution in [3.8, 4) is 0 Å². The molecule has 0 radical (unpaired) electrons. The summed E-state index contributed by atoms with van der Waals surface area (Å²) in [5.41, 5.74) is 0.708. The molecule has 0 aromatic carbocycles. The van der Waals surface area contributed by atoms with E-state index in [0.29, 0.717) is 31.7 Å². The number of carbonyl (C=O) groups excluding carboxylic acids is 2. The molecule has 2 heterocycles. The van der Waals surface area contributed by atoms with Gasteiger partial charge in [0.2, 0.25) is 11.8 Å². The first-order chi connectivity index (χ1) is 9.97. The van der Waals surface area contributed by atoms with Crippen LogP contribution < -0.4 is 0 Å². The third-order valence-corrected chi connectivity index (χ3v) is 3.65. The highest BCUT2D eigenvalue weighted by Gasteiger charge is 2.35. The zero-order valence-electron chi connectivity index (χ0n) is 12.8. The second-order valence-electron chi connectivity index (χ2n) is 5.73. The van der Waals surface area contributed by atoms with Crippen molar-refractivity contribution < 1.29 is 14.1 Å².